The molecule has 0 saturated heterocycles. The minimum atomic E-state index is -0.469. The third-order valence-electron chi connectivity index (χ3n) is 2.69. The summed E-state index contributed by atoms with van der Waals surface area (Å²) in [6, 6.07) is 0.0163. The Bertz CT molecular complexity index is 441. The Balaban J connectivity index is 2.91. The zero-order valence-electron chi connectivity index (χ0n) is 12.0. The topological polar surface area (TPSA) is 102 Å². The number of ether oxygens (including phenoxy) is 1. The summed E-state index contributed by atoms with van der Waals surface area (Å²) < 4.78 is 4.99. The first-order chi connectivity index (χ1) is 9.60. The van der Waals surface area contributed by atoms with Gasteiger partial charge in [0.1, 0.15) is 6.33 Å². The van der Waals surface area contributed by atoms with Crippen LogP contribution in [0.1, 0.15) is 26.7 Å². The van der Waals surface area contributed by atoms with Crippen molar-refractivity contribution in [3.05, 3.63) is 16.4 Å². The normalized spacial score (nSPS) is 11.9. The molecular formula is C12H21N5O3. The Morgan fingerprint density at radius 2 is 2.15 bits per heavy atom. The van der Waals surface area contributed by atoms with Crippen LogP contribution in [0.25, 0.3) is 0 Å². The van der Waals surface area contributed by atoms with E-state index in [9.17, 15) is 10.1 Å². The number of methoxy groups -OCH3 is 1. The van der Waals surface area contributed by atoms with Gasteiger partial charge in [-0.3, -0.25) is 10.1 Å². The van der Waals surface area contributed by atoms with Crippen LogP contribution in [0.5, 0.6) is 0 Å². The van der Waals surface area contributed by atoms with E-state index in [1.54, 1.807) is 7.11 Å². The van der Waals surface area contributed by atoms with E-state index in [1.165, 1.54) is 6.33 Å². The van der Waals surface area contributed by atoms with Crippen molar-refractivity contribution in [1.29, 1.82) is 0 Å². The standard InChI is InChI=1S/C12H21N5O3/c1-4-6-13-11-10(17(18)19)12(15-8-14-11)16-9(2)5-7-20-3/h8-9H,4-7H2,1-3H3,(H2,13,14,15,16). The van der Waals surface area contributed by atoms with Crippen LogP contribution >= 0.6 is 0 Å². The molecule has 0 aliphatic rings. The lowest BCUT2D eigenvalue weighted by atomic mass is 10.2. The molecule has 8 nitrogen and oxygen atoms in total. The molecule has 0 amide bonds. The average Bonchev–Trinajstić information content (AvgIpc) is 2.42. The highest BCUT2D eigenvalue weighted by molar-refractivity contribution is 5.69. The van der Waals surface area contributed by atoms with Crippen molar-refractivity contribution >= 4 is 17.3 Å². The fourth-order valence-corrected chi connectivity index (χ4v) is 1.63. The molecule has 1 unspecified atom stereocenters. The number of rotatable bonds is 9. The maximum absolute atomic E-state index is 11.2. The number of nitrogens with zero attached hydrogens (tertiary/aromatic N) is 3. The van der Waals surface area contributed by atoms with E-state index < -0.39 is 4.92 Å². The molecule has 0 spiro atoms. The highest BCUT2D eigenvalue weighted by atomic mass is 16.6. The van der Waals surface area contributed by atoms with Crippen LogP contribution in [-0.2, 0) is 4.74 Å². The average molecular weight is 283 g/mol. The van der Waals surface area contributed by atoms with Crippen LogP contribution in [0.3, 0.4) is 0 Å². The Morgan fingerprint density at radius 3 is 2.75 bits per heavy atom. The van der Waals surface area contributed by atoms with Crippen LogP contribution in [0.2, 0.25) is 0 Å². The monoisotopic (exact) mass is 283 g/mol. The van der Waals surface area contributed by atoms with E-state index in [-0.39, 0.29) is 23.4 Å². The Morgan fingerprint density at radius 1 is 1.45 bits per heavy atom. The molecule has 112 valence electrons. The first-order valence-electron chi connectivity index (χ1n) is 6.58. The summed E-state index contributed by atoms with van der Waals surface area (Å²) in [5.74, 6) is 0.473. The van der Waals surface area contributed by atoms with Gasteiger partial charge in [0.05, 0.1) is 4.92 Å². The van der Waals surface area contributed by atoms with Crippen molar-refractivity contribution in [1.82, 2.24) is 9.97 Å². The molecule has 1 aromatic rings. The van der Waals surface area contributed by atoms with E-state index in [0.717, 1.165) is 12.8 Å². The largest absolute Gasteiger partial charge is 0.385 e. The first kappa shape index (κ1) is 16.1. The smallest absolute Gasteiger partial charge is 0.353 e. The third kappa shape index (κ3) is 4.61. The molecule has 1 atom stereocenters. The van der Waals surface area contributed by atoms with Crippen LogP contribution < -0.4 is 10.6 Å². The summed E-state index contributed by atoms with van der Waals surface area (Å²) in [6.45, 7) is 5.10. The molecule has 1 aromatic heterocycles. The summed E-state index contributed by atoms with van der Waals surface area (Å²) >= 11 is 0. The third-order valence-corrected chi connectivity index (χ3v) is 2.69. The van der Waals surface area contributed by atoms with Crippen molar-refractivity contribution in [2.24, 2.45) is 0 Å². The van der Waals surface area contributed by atoms with Gasteiger partial charge in [-0.1, -0.05) is 6.92 Å². The zero-order valence-corrected chi connectivity index (χ0v) is 12.0. The first-order valence-corrected chi connectivity index (χ1v) is 6.58. The van der Waals surface area contributed by atoms with E-state index in [0.29, 0.717) is 13.2 Å². The molecule has 20 heavy (non-hydrogen) atoms. The Kier molecular flexibility index (Phi) is 6.65. The van der Waals surface area contributed by atoms with Crippen LogP contribution in [0.15, 0.2) is 6.33 Å². The van der Waals surface area contributed by atoms with Gasteiger partial charge in [-0.25, -0.2) is 9.97 Å². The van der Waals surface area contributed by atoms with E-state index >= 15 is 0 Å². The summed E-state index contributed by atoms with van der Waals surface area (Å²) in [5, 5.41) is 17.2. The molecule has 1 rings (SSSR count). The van der Waals surface area contributed by atoms with E-state index in [2.05, 4.69) is 20.6 Å². The highest BCUT2D eigenvalue weighted by Crippen LogP contribution is 2.29. The minimum Gasteiger partial charge on any atom is -0.385 e. The van der Waals surface area contributed by atoms with Gasteiger partial charge in [0.2, 0.25) is 11.6 Å². The van der Waals surface area contributed by atoms with Gasteiger partial charge >= 0.3 is 5.69 Å². The molecule has 0 saturated carbocycles. The molecule has 0 aliphatic carbocycles. The van der Waals surface area contributed by atoms with E-state index in [4.69, 9.17) is 4.74 Å². The number of nitro groups is 1. The van der Waals surface area contributed by atoms with Gasteiger partial charge in [-0.05, 0) is 19.8 Å². The number of anilines is 2. The fourth-order valence-electron chi connectivity index (χ4n) is 1.63. The summed E-state index contributed by atoms with van der Waals surface area (Å²) in [6.07, 6.45) is 2.90. The molecule has 0 aromatic carbocycles. The second-order valence-corrected chi connectivity index (χ2v) is 4.43. The number of aromatic nitrogens is 2. The fraction of sp³-hybridized carbons (Fsp3) is 0.667. The predicted octanol–water partition coefficient (Wildman–Crippen LogP) is 2.04. The molecular weight excluding hydrogens is 262 g/mol. The van der Waals surface area contributed by atoms with Gasteiger partial charge < -0.3 is 15.4 Å². The molecule has 1 heterocycles. The van der Waals surface area contributed by atoms with Crippen molar-refractivity contribution in [2.45, 2.75) is 32.7 Å². The lowest BCUT2D eigenvalue weighted by Gasteiger charge is -2.14. The van der Waals surface area contributed by atoms with Crippen LogP contribution in [0, 0.1) is 10.1 Å². The minimum absolute atomic E-state index is 0.0163. The van der Waals surface area contributed by atoms with E-state index in [1.807, 2.05) is 13.8 Å². The van der Waals surface area contributed by atoms with Gasteiger partial charge in [0.15, 0.2) is 0 Å². The molecule has 2 N–H and O–H groups in total. The Hall–Kier alpha value is -1.96. The van der Waals surface area contributed by atoms with Crippen LogP contribution in [-0.4, -0.2) is 41.2 Å². The molecule has 0 radical (unpaired) electrons. The van der Waals surface area contributed by atoms with Gasteiger partial charge in [-0.15, -0.1) is 0 Å². The number of hydrogen-bond donors (Lipinski definition) is 2. The van der Waals surface area contributed by atoms with Crippen molar-refractivity contribution in [3.8, 4) is 0 Å². The maximum Gasteiger partial charge on any atom is 0.353 e. The lowest BCUT2D eigenvalue weighted by Crippen LogP contribution is -2.19. The van der Waals surface area contributed by atoms with Crippen LogP contribution in [0.4, 0.5) is 17.3 Å². The van der Waals surface area contributed by atoms with Gasteiger partial charge in [-0.2, -0.15) is 0 Å². The Labute approximate surface area is 118 Å². The van der Waals surface area contributed by atoms with Crippen molar-refractivity contribution in [3.63, 3.8) is 0 Å². The molecule has 0 fully saturated rings. The quantitative estimate of drug-likeness (QED) is 0.528. The molecule has 0 bridgehead atoms. The SMILES string of the molecule is CCCNc1ncnc(NC(C)CCOC)c1[N+](=O)[O-]. The highest BCUT2D eigenvalue weighted by Gasteiger charge is 2.23. The summed E-state index contributed by atoms with van der Waals surface area (Å²) in [4.78, 5) is 18.7. The maximum atomic E-state index is 11.2. The lowest BCUT2D eigenvalue weighted by molar-refractivity contribution is -0.383. The van der Waals surface area contributed by atoms with Gasteiger partial charge in [0, 0.05) is 26.3 Å². The predicted molar refractivity (Wildman–Crippen MR) is 77.0 cm³/mol. The number of nitrogens with one attached hydrogen (secondary N) is 2. The number of hydrogen-bond acceptors (Lipinski definition) is 7. The molecule has 8 heteroatoms. The van der Waals surface area contributed by atoms with Gasteiger partial charge in [0.25, 0.3) is 0 Å². The van der Waals surface area contributed by atoms with Crippen molar-refractivity contribution in [2.75, 3.05) is 30.9 Å². The second kappa shape index (κ2) is 8.26. The zero-order chi connectivity index (χ0) is 15.0. The van der Waals surface area contributed by atoms with Crippen molar-refractivity contribution < 1.29 is 9.66 Å². The molecule has 0 aliphatic heterocycles. The second-order valence-electron chi connectivity index (χ2n) is 4.43. The summed E-state index contributed by atoms with van der Waals surface area (Å²) in [7, 11) is 1.62. The summed E-state index contributed by atoms with van der Waals surface area (Å²) in [5.41, 5.74) is -0.120.